The number of benzene rings is 1. The third-order valence-electron chi connectivity index (χ3n) is 3.14. The highest BCUT2D eigenvalue weighted by Gasteiger charge is 2.14. The zero-order valence-corrected chi connectivity index (χ0v) is 15.2. The minimum Gasteiger partial charge on any atom is -0.493 e. The lowest BCUT2D eigenvalue weighted by atomic mass is 10.1. The molecule has 23 heavy (non-hydrogen) atoms. The summed E-state index contributed by atoms with van der Waals surface area (Å²) in [6, 6.07) is 5.81. The smallest absolute Gasteiger partial charge is 0.347 e. The first-order valence-corrected chi connectivity index (χ1v) is 9.57. The number of hydrogen-bond donors (Lipinski definition) is 1. The summed E-state index contributed by atoms with van der Waals surface area (Å²) in [5, 5.41) is 10.7. The number of carbonyl (C=O) groups is 1. The van der Waals surface area contributed by atoms with E-state index >= 15 is 0 Å². The maximum Gasteiger partial charge on any atom is 0.347 e. The zero-order chi connectivity index (χ0) is 17.0. The van der Waals surface area contributed by atoms with Crippen LogP contribution in [0.25, 0.3) is 15.9 Å². The van der Waals surface area contributed by atoms with Gasteiger partial charge in [0.2, 0.25) is 0 Å². The van der Waals surface area contributed by atoms with Gasteiger partial charge in [0.1, 0.15) is 15.6 Å². The Kier molecular flexibility index (Phi) is 5.91. The number of carboxylic acids is 1. The van der Waals surface area contributed by atoms with Gasteiger partial charge >= 0.3 is 5.97 Å². The van der Waals surface area contributed by atoms with Crippen LogP contribution in [0.15, 0.2) is 31.0 Å². The van der Waals surface area contributed by atoms with E-state index in [9.17, 15) is 4.79 Å². The summed E-state index contributed by atoms with van der Waals surface area (Å²) in [5.41, 5.74) is 1.85. The summed E-state index contributed by atoms with van der Waals surface area (Å²) < 4.78 is 5.89. The molecule has 2 aromatic rings. The Morgan fingerprint density at radius 1 is 1.48 bits per heavy atom. The fraction of sp³-hybridized carbons (Fsp3) is 0.294. The Labute approximate surface area is 142 Å². The largest absolute Gasteiger partial charge is 0.493 e. The molecule has 0 aliphatic carbocycles. The second kappa shape index (κ2) is 7.71. The summed E-state index contributed by atoms with van der Waals surface area (Å²) in [7, 11) is 0.574. The molecule has 0 saturated carbocycles. The van der Waals surface area contributed by atoms with Gasteiger partial charge in [-0.05, 0) is 36.1 Å². The van der Waals surface area contributed by atoms with Gasteiger partial charge in [-0.2, -0.15) is 0 Å². The molecule has 0 saturated heterocycles. The summed E-state index contributed by atoms with van der Waals surface area (Å²) in [4.78, 5) is 15.4. The van der Waals surface area contributed by atoms with E-state index in [0.29, 0.717) is 26.1 Å². The van der Waals surface area contributed by atoms with Crippen molar-refractivity contribution in [2.45, 2.75) is 13.8 Å². The Morgan fingerprint density at radius 2 is 2.22 bits per heavy atom. The van der Waals surface area contributed by atoms with Crippen LogP contribution in [0.5, 0.6) is 5.75 Å². The van der Waals surface area contributed by atoms with Crippen molar-refractivity contribution in [2.24, 2.45) is 5.92 Å². The number of nitrogens with zero attached hydrogens (tertiary/aromatic N) is 1. The van der Waals surface area contributed by atoms with Crippen molar-refractivity contribution in [2.75, 3.05) is 13.3 Å². The van der Waals surface area contributed by atoms with Gasteiger partial charge in [-0.15, -0.1) is 11.3 Å². The van der Waals surface area contributed by atoms with Gasteiger partial charge in [0.25, 0.3) is 0 Å². The van der Waals surface area contributed by atoms with Crippen molar-refractivity contribution in [1.82, 2.24) is 4.98 Å². The monoisotopic (exact) mass is 349 g/mol. The quantitative estimate of drug-likeness (QED) is 0.728. The highest BCUT2D eigenvalue weighted by atomic mass is 32.1. The van der Waals surface area contributed by atoms with Crippen LogP contribution in [0.3, 0.4) is 0 Å². The van der Waals surface area contributed by atoms with Crippen LogP contribution >= 0.6 is 19.9 Å². The summed E-state index contributed by atoms with van der Waals surface area (Å²) in [6.45, 7) is 11.1. The molecule has 0 radical (unpaired) electrons. The fourth-order valence-electron chi connectivity index (χ4n) is 1.92. The third-order valence-corrected chi connectivity index (χ3v) is 5.05. The van der Waals surface area contributed by atoms with Crippen molar-refractivity contribution < 1.29 is 14.6 Å². The van der Waals surface area contributed by atoms with E-state index in [0.717, 1.165) is 22.2 Å². The Bertz CT molecular complexity index is 724. The molecular weight excluding hydrogens is 329 g/mol. The number of rotatable bonds is 7. The molecule has 0 fully saturated rings. The van der Waals surface area contributed by atoms with Gasteiger partial charge in [-0.1, -0.05) is 29.0 Å². The summed E-state index contributed by atoms with van der Waals surface area (Å²) in [6.07, 6.45) is 1.39. The number of aromatic carboxylic acids is 1. The molecule has 0 aliphatic rings. The van der Waals surface area contributed by atoms with E-state index in [1.165, 1.54) is 17.5 Å². The number of thiazole rings is 1. The standard InChI is InChI=1S/C17H20NO3PS/c1-10(2)9-21-14-6-5-12(7-13(14)11(3)22-4)16-18-8-15(23-16)17(19)20/h5-8,10,22H,3,9H2,1-2,4H3,(H,19,20). The molecule has 0 aliphatic heterocycles. The van der Waals surface area contributed by atoms with Gasteiger partial charge < -0.3 is 9.84 Å². The first-order valence-electron chi connectivity index (χ1n) is 7.25. The zero-order valence-electron chi connectivity index (χ0n) is 13.4. The molecule has 0 bridgehead atoms. The lowest BCUT2D eigenvalue weighted by Crippen LogP contribution is -2.05. The predicted molar refractivity (Wildman–Crippen MR) is 98.1 cm³/mol. The van der Waals surface area contributed by atoms with Crippen molar-refractivity contribution in [3.05, 3.63) is 41.4 Å². The summed E-state index contributed by atoms with van der Waals surface area (Å²) in [5.74, 6) is 0.305. The first kappa shape index (κ1) is 17.6. The molecule has 122 valence electrons. The maximum atomic E-state index is 11.0. The van der Waals surface area contributed by atoms with E-state index in [1.807, 2.05) is 18.2 Å². The number of hydrogen-bond acceptors (Lipinski definition) is 4. The fourth-order valence-corrected chi connectivity index (χ4v) is 3.14. The molecule has 0 amide bonds. The number of carboxylic acid groups (broad SMARTS) is 1. The van der Waals surface area contributed by atoms with Gasteiger partial charge in [0, 0.05) is 11.1 Å². The van der Waals surface area contributed by atoms with Crippen LogP contribution in [-0.2, 0) is 0 Å². The molecular formula is C17H20NO3PS. The molecule has 1 aromatic heterocycles. The van der Waals surface area contributed by atoms with Gasteiger partial charge in [-0.25, -0.2) is 9.78 Å². The lowest BCUT2D eigenvalue weighted by Gasteiger charge is -2.15. The van der Waals surface area contributed by atoms with Crippen molar-refractivity contribution in [3.8, 4) is 16.3 Å². The average molecular weight is 349 g/mol. The molecule has 1 aromatic carbocycles. The second-order valence-corrected chi connectivity index (χ2v) is 7.61. The van der Waals surface area contributed by atoms with Crippen LogP contribution in [0, 0.1) is 5.92 Å². The highest BCUT2D eigenvalue weighted by Crippen LogP contribution is 2.38. The molecule has 1 N–H and O–H groups in total. The van der Waals surface area contributed by atoms with Crippen LogP contribution < -0.4 is 4.74 Å². The maximum absolute atomic E-state index is 11.0. The van der Waals surface area contributed by atoms with Crippen molar-refractivity contribution in [1.29, 1.82) is 0 Å². The van der Waals surface area contributed by atoms with Crippen molar-refractivity contribution in [3.63, 3.8) is 0 Å². The Balaban J connectivity index is 2.38. The summed E-state index contributed by atoms with van der Waals surface area (Å²) >= 11 is 1.17. The van der Waals surface area contributed by atoms with E-state index in [-0.39, 0.29) is 4.88 Å². The predicted octanol–water partition coefficient (Wildman–Crippen LogP) is 4.82. The molecule has 2 rings (SSSR count). The Morgan fingerprint density at radius 3 is 2.78 bits per heavy atom. The Hall–Kier alpha value is -1.71. The average Bonchev–Trinajstić information content (AvgIpc) is 3.02. The number of aromatic nitrogens is 1. The normalized spacial score (nSPS) is 11.3. The number of ether oxygens (including phenoxy) is 1. The van der Waals surface area contributed by atoms with Crippen molar-refractivity contribution >= 4 is 31.2 Å². The van der Waals surface area contributed by atoms with E-state index in [1.54, 1.807) is 0 Å². The first-order chi connectivity index (χ1) is 10.9. The molecule has 6 heteroatoms. The van der Waals surface area contributed by atoms with Crippen LogP contribution in [-0.4, -0.2) is 29.3 Å². The van der Waals surface area contributed by atoms with Gasteiger partial charge in [0.05, 0.1) is 12.8 Å². The van der Waals surface area contributed by atoms with Gasteiger partial charge in [0.15, 0.2) is 0 Å². The molecule has 0 spiro atoms. The lowest BCUT2D eigenvalue weighted by molar-refractivity contribution is 0.0702. The third kappa shape index (κ3) is 4.40. The topological polar surface area (TPSA) is 59.4 Å². The molecule has 1 heterocycles. The van der Waals surface area contributed by atoms with Gasteiger partial charge in [-0.3, -0.25) is 0 Å². The van der Waals surface area contributed by atoms with E-state index < -0.39 is 5.97 Å². The van der Waals surface area contributed by atoms with Crippen LogP contribution in [0.1, 0.15) is 29.1 Å². The van der Waals surface area contributed by atoms with E-state index in [2.05, 4.69) is 32.1 Å². The molecule has 4 nitrogen and oxygen atoms in total. The minimum atomic E-state index is -0.953. The van der Waals surface area contributed by atoms with Crippen LogP contribution in [0.4, 0.5) is 0 Å². The van der Waals surface area contributed by atoms with E-state index in [4.69, 9.17) is 9.84 Å². The minimum absolute atomic E-state index is 0.234. The highest BCUT2D eigenvalue weighted by molar-refractivity contribution is 7.49. The molecule has 1 unspecified atom stereocenters. The second-order valence-electron chi connectivity index (χ2n) is 5.48. The molecule has 1 atom stereocenters. The van der Waals surface area contributed by atoms with Crippen LogP contribution in [0.2, 0.25) is 0 Å². The SMILES string of the molecule is C=C(PC)c1cc(-c2ncc(C(=O)O)s2)ccc1OCC(C)C.